The van der Waals surface area contributed by atoms with Gasteiger partial charge in [-0.05, 0) is 50.4 Å². The minimum atomic E-state index is -0.250. The quantitative estimate of drug-likeness (QED) is 0.674. The summed E-state index contributed by atoms with van der Waals surface area (Å²) in [6, 6.07) is 8.62. The van der Waals surface area contributed by atoms with Gasteiger partial charge < -0.3 is 14.8 Å². The van der Waals surface area contributed by atoms with Crippen LogP contribution >= 0.6 is 0 Å². The Morgan fingerprint density at radius 2 is 2.00 bits per heavy atom. The molecule has 0 aromatic heterocycles. The number of nitrogens with one attached hydrogen (secondary N) is 1. The van der Waals surface area contributed by atoms with E-state index in [0.29, 0.717) is 12.6 Å². The molecular weight excluding hydrogens is 266 g/mol. The molecule has 4 nitrogen and oxygen atoms in total. The molecule has 0 heterocycles. The monoisotopic (exact) mass is 293 g/mol. The van der Waals surface area contributed by atoms with Crippen molar-refractivity contribution < 1.29 is 14.3 Å². The molecule has 1 aromatic carbocycles. The van der Waals surface area contributed by atoms with Gasteiger partial charge in [0.05, 0.1) is 20.1 Å². The average molecular weight is 293 g/mol. The van der Waals surface area contributed by atoms with Crippen molar-refractivity contribution in [3.05, 3.63) is 29.8 Å². The fourth-order valence-electron chi connectivity index (χ4n) is 1.98. The Labute approximate surface area is 127 Å². The van der Waals surface area contributed by atoms with Crippen LogP contribution in [0.1, 0.15) is 38.7 Å². The van der Waals surface area contributed by atoms with Crippen molar-refractivity contribution in [2.45, 2.75) is 45.6 Å². The van der Waals surface area contributed by atoms with Crippen LogP contribution in [-0.4, -0.2) is 32.3 Å². The number of ether oxygens (including phenoxy) is 2. The molecule has 1 rings (SSSR count). The van der Waals surface area contributed by atoms with Crippen LogP contribution in [0.4, 0.5) is 0 Å². The highest BCUT2D eigenvalue weighted by Gasteiger charge is 2.03. The Bertz CT molecular complexity index is 403. The number of hydrogen-bond donors (Lipinski definition) is 1. The topological polar surface area (TPSA) is 47.6 Å². The normalized spacial score (nSPS) is 12.0. The van der Waals surface area contributed by atoms with Crippen molar-refractivity contribution in [3.8, 4) is 5.75 Å². The lowest BCUT2D eigenvalue weighted by Gasteiger charge is -2.13. The van der Waals surface area contributed by atoms with E-state index < -0.39 is 0 Å². The highest BCUT2D eigenvalue weighted by Crippen LogP contribution is 2.14. The molecule has 0 bridgehead atoms. The highest BCUT2D eigenvalue weighted by molar-refractivity contribution is 5.69. The third-order valence-corrected chi connectivity index (χ3v) is 3.33. The summed E-state index contributed by atoms with van der Waals surface area (Å²) in [6.07, 6.45) is 3.63. The molecule has 1 unspecified atom stereocenters. The van der Waals surface area contributed by atoms with Crippen LogP contribution in [0.25, 0.3) is 0 Å². The summed E-state index contributed by atoms with van der Waals surface area (Å²) in [5, 5.41) is 3.49. The number of benzene rings is 1. The van der Waals surface area contributed by atoms with Crippen molar-refractivity contribution in [3.63, 3.8) is 0 Å². The fraction of sp³-hybridized carbons (Fsp3) is 0.588. The second-order valence-electron chi connectivity index (χ2n) is 5.21. The largest absolute Gasteiger partial charge is 0.493 e. The van der Waals surface area contributed by atoms with Gasteiger partial charge in [0.25, 0.3) is 0 Å². The van der Waals surface area contributed by atoms with Gasteiger partial charge in [-0.25, -0.2) is 0 Å². The van der Waals surface area contributed by atoms with Crippen LogP contribution in [0.3, 0.4) is 0 Å². The molecule has 0 aliphatic carbocycles. The number of rotatable bonds is 10. The maximum absolute atomic E-state index is 11.0. The summed E-state index contributed by atoms with van der Waals surface area (Å²) < 4.78 is 10.1. The van der Waals surface area contributed by atoms with Crippen molar-refractivity contribution >= 4 is 5.97 Å². The minimum Gasteiger partial charge on any atom is -0.493 e. The molecule has 4 heteroatoms. The molecule has 0 fully saturated rings. The molecule has 1 atom stereocenters. The summed E-state index contributed by atoms with van der Waals surface area (Å²) in [5.74, 6) is 0.542. The van der Waals surface area contributed by atoms with Crippen LogP contribution < -0.4 is 10.1 Å². The maximum Gasteiger partial charge on any atom is 0.308 e. The molecule has 0 aliphatic rings. The van der Waals surface area contributed by atoms with Gasteiger partial charge in [0, 0.05) is 6.04 Å². The third kappa shape index (κ3) is 7.71. The van der Waals surface area contributed by atoms with Crippen molar-refractivity contribution in [2.24, 2.45) is 0 Å². The molecule has 0 aliphatic heterocycles. The SMILES string of the molecule is CCCNC(C)CCc1ccc(OCCC(=O)OC)cc1. The first-order chi connectivity index (χ1) is 10.2. The lowest BCUT2D eigenvalue weighted by atomic mass is 10.1. The van der Waals surface area contributed by atoms with Crippen molar-refractivity contribution in [1.29, 1.82) is 0 Å². The van der Waals surface area contributed by atoms with Gasteiger partial charge >= 0.3 is 5.97 Å². The fourth-order valence-corrected chi connectivity index (χ4v) is 1.98. The third-order valence-electron chi connectivity index (χ3n) is 3.33. The van der Waals surface area contributed by atoms with Crippen molar-refractivity contribution in [1.82, 2.24) is 5.32 Å². The Morgan fingerprint density at radius 3 is 2.62 bits per heavy atom. The van der Waals surface area contributed by atoms with Gasteiger partial charge in [0.1, 0.15) is 5.75 Å². The number of aryl methyl sites for hydroxylation is 1. The minimum absolute atomic E-state index is 0.250. The first-order valence-corrected chi connectivity index (χ1v) is 7.67. The number of carbonyl (C=O) groups is 1. The Balaban J connectivity index is 2.28. The number of hydrogen-bond acceptors (Lipinski definition) is 4. The first kappa shape index (κ1) is 17.5. The molecule has 0 saturated heterocycles. The summed E-state index contributed by atoms with van der Waals surface area (Å²) in [6.45, 7) is 5.83. The van der Waals surface area contributed by atoms with Gasteiger partial charge in [0.15, 0.2) is 0 Å². The standard InChI is InChI=1S/C17H27NO3/c1-4-12-18-14(2)5-6-15-7-9-16(10-8-15)21-13-11-17(19)20-3/h7-10,14,18H,4-6,11-13H2,1-3H3. The Kier molecular flexibility index (Phi) is 8.51. The molecule has 0 spiro atoms. The van der Waals surface area contributed by atoms with E-state index in [2.05, 4.69) is 36.0 Å². The van der Waals surface area contributed by atoms with E-state index in [1.165, 1.54) is 19.1 Å². The summed E-state index contributed by atoms with van der Waals surface area (Å²) in [4.78, 5) is 11.0. The van der Waals surface area contributed by atoms with Crippen LogP contribution in [0.2, 0.25) is 0 Å². The molecule has 21 heavy (non-hydrogen) atoms. The van der Waals surface area contributed by atoms with E-state index >= 15 is 0 Å². The van der Waals surface area contributed by atoms with Gasteiger partial charge in [-0.1, -0.05) is 19.1 Å². The lowest BCUT2D eigenvalue weighted by Crippen LogP contribution is -2.27. The summed E-state index contributed by atoms with van der Waals surface area (Å²) in [7, 11) is 1.38. The van der Waals surface area contributed by atoms with E-state index in [0.717, 1.165) is 25.1 Å². The summed E-state index contributed by atoms with van der Waals surface area (Å²) in [5.41, 5.74) is 1.31. The zero-order chi connectivity index (χ0) is 15.5. The Hall–Kier alpha value is -1.55. The van der Waals surface area contributed by atoms with Gasteiger partial charge in [-0.2, -0.15) is 0 Å². The number of methoxy groups -OCH3 is 1. The van der Waals surface area contributed by atoms with Gasteiger partial charge in [-0.3, -0.25) is 4.79 Å². The second-order valence-corrected chi connectivity index (χ2v) is 5.21. The average Bonchev–Trinajstić information content (AvgIpc) is 2.51. The van der Waals surface area contributed by atoms with Gasteiger partial charge in [-0.15, -0.1) is 0 Å². The predicted molar refractivity (Wildman–Crippen MR) is 84.6 cm³/mol. The molecule has 1 N–H and O–H groups in total. The van der Waals surface area contributed by atoms with E-state index in [1.54, 1.807) is 0 Å². The highest BCUT2D eigenvalue weighted by atomic mass is 16.5. The maximum atomic E-state index is 11.0. The van der Waals surface area contributed by atoms with Gasteiger partial charge in [0.2, 0.25) is 0 Å². The van der Waals surface area contributed by atoms with E-state index in [1.807, 2.05) is 12.1 Å². The zero-order valence-electron chi connectivity index (χ0n) is 13.4. The molecule has 0 amide bonds. The van der Waals surface area contributed by atoms with Crippen LogP contribution in [0.15, 0.2) is 24.3 Å². The molecule has 1 aromatic rings. The van der Waals surface area contributed by atoms with E-state index in [-0.39, 0.29) is 12.4 Å². The smallest absolute Gasteiger partial charge is 0.308 e. The lowest BCUT2D eigenvalue weighted by molar-refractivity contribution is -0.141. The van der Waals surface area contributed by atoms with Crippen LogP contribution in [-0.2, 0) is 16.0 Å². The number of carbonyl (C=O) groups excluding carboxylic acids is 1. The Morgan fingerprint density at radius 1 is 1.29 bits per heavy atom. The van der Waals surface area contributed by atoms with Crippen LogP contribution in [0, 0.1) is 0 Å². The molecule has 0 radical (unpaired) electrons. The first-order valence-electron chi connectivity index (χ1n) is 7.67. The van der Waals surface area contributed by atoms with E-state index in [9.17, 15) is 4.79 Å². The summed E-state index contributed by atoms with van der Waals surface area (Å²) >= 11 is 0. The molecular formula is C17H27NO3. The predicted octanol–water partition coefficient (Wildman–Crippen LogP) is 2.95. The molecule has 0 saturated carbocycles. The molecule has 118 valence electrons. The van der Waals surface area contributed by atoms with E-state index in [4.69, 9.17) is 4.74 Å². The van der Waals surface area contributed by atoms with Crippen molar-refractivity contribution in [2.75, 3.05) is 20.3 Å². The number of esters is 1. The second kappa shape index (κ2) is 10.2. The van der Waals surface area contributed by atoms with Crippen LogP contribution in [0.5, 0.6) is 5.75 Å². The zero-order valence-corrected chi connectivity index (χ0v) is 13.4.